The van der Waals surface area contributed by atoms with Gasteiger partial charge in [-0.05, 0) is 30.5 Å². The van der Waals surface area contributed by atoms with Crippen LogP contribution in [0.3, 0.4) is 0 Å². The number of hydrogen-bond donors (Lipinski definition) is 1. The van der Waals surface area contributed by atoms with Crippen LogP contribution in [0.4, 0.5) is 0 Å². The van der Waals surface area contributed by atoms with Gasteiger partial charge in [0.1, 0.15) is 5.75 Å². The normalized spacial score (nSPS) is 11.9. The molecule has 0 spiro atoms. The number of amides is 1. The fourth-order valence-electron chi connectivity index (χ4n) is 1.33. The van der Waals surface area contributed by atoms with E-state index in [9.17, 15) is 4.79 Å². The van der Waals surface area contributed by atoms with Gasteiger partial charge >= 0.3 is 0 Å². The number of hydrogen-bond acceptors (Lipinski definition) is 2. The zero-order valence-corrected chi connectivity index (χ0v) is 12.6. The van der Waals surface area contributed by atoms with Gasteiger partial charge in [0.05, 0.1) is 0 Å². The van der Waals surface area contributed by atoms with E-state index in [0.29, 0.717) is 23.2 Å². The van der Waals surface area contributed by atoms with Crippen molar-refractivity contribution in [3.05, 3.63) is 29.3 Å². The van der Waals surface area contributed by atoms with Crippen LogP contribution in [0.1, 0.15) is 13.3 Å². The van der Waals surface area contributed by atoms with Gasteiger partial charge in [-0.2, -0.15) is 0 Å². The van der Waals surface area contributed by atoms with Crippen LogP contribution in [0.25, 0.3) is 0 Å². The molecule has 0 aliphatic carbocycles. The summed E-state index contributed by atoms with van der Waals surface area (Å²) in [7, 11) is 0. The zero-order chi connectivity index (χ0) is 13.4. The van der Waals surface area contributed by atoms with Crippen LogP contribution in [0, 0.1) is 5.92 Å². The molecule has 100 valence electrons. The second kappa shape index (κ2) is 8.38. The molecule has 5 heteroatoms. The van der Waals surface area contributed by atoms with Crippen molar-refractivity contribution in [3.8, 4) is 5.75 Å². The van der Waals surface area contributed by atoms with Crippen molar-refractivity contribution < 1.29 is 9.53 Å². The molecule has 1 rings (SSSR count). The predicted octanol–water partition coefficient (Wildman–Crippen LogP) is 3.26. The first-order chi connectivity index (χ1) is 8.61. The number of carbonyl (C=O) groups is 1. The van der Waals surface area contributed by atoms with E-state index in [4.69, 9.17) is 16.3 Å². The van der Waals surface area contributed by atoms with Crippen LogP contribution in [0.2, 0.25) is 5.02 Å². The summed E-state index contributed by atoms with van der Waals surface area (Å²) in [4.78, 5) is 11.5. The number of halogens is 2. The summed E-state index contributed by atoms with van der Waals surface area (Å²) >= 11 is 9.19. The Morgan fingerprint density at radius 3 is 3.00 bits per heavy atom. The van der Waals surface area contributed by atoms with Gasteiger partial charge in [0, 0.05) is 16.9 Å². The maximum atomic E-state index is 11.5. The third-order valence-electron chi connectivity index (χ3n) is 2.42. The molecule has 0 aliphatic heterocycles. The first-order valence-corrected chi connectivity index (χ1v) is 7.32. The topological polar surface area (TPSA) is 38.3 Å². The predicted molar refractivity (Wildman–Crippen MR) is 77.5 cm³/mol. The second-order valence-corrected chi connectivity index (χ2v) is 5.36. The van der Waals surface area contributed by atoms with Gasteiger partial charge in [-0.1, -0.05) is 40.5 Å². The maximum absolute atomic E-state index is 11.5. The minimum Gasteiger partial charge on any atom is -0.484 e. The highest BCUT2D eigenvalue weighted by molar-refractivity contribution is 9.09. The number of rotatable bonds is 7. The molecule has 0 saturated heterocycles. The van der Waals surface area contributed by atoms with Crippen LogP contribution in [-0.2, 0) is 4.79 Å². The van der Waals surface area contributed by atoms with Crippen LogP contribution in [0.5, 0.6) is 5.75 Å². The maximum Gasteiger partial charge on any atom is 0.257 e. The van der Waals surface area contributed by atoms with E-state index < -0.39 is 0 Å². The zero-order valence-electron chi connectivity index (χ0n) is 10.3. The molecule has 0 aliphatic rings. The molecular formula is C13H17BrClNO2. The molecule has 0 heterocycles. The van der Waals surface area contributed by atoms with Crippen LogP contribution < -0.4 is 10.1 Å². The molecule has 1 aromatic carbocycles. The number of alkyl halides is 1. The standard InChI is InChI=1S/C13H17BrClNO2/c1-10(5-6-14)8-16-13(17)9-18-12-4-2-3-11(15)7-12/h2-4,7,10H,5-6,8-9H2,1H3,(H,16,17). The van der Waals surface area contributed by atoms with E-state index in [1.807, 2.05) is 0 Å². The number of ether oxygens (including phenoxy) is 1. The number of benzene rings is 1. The van der Waals surface area contributed by atoms with Crippen molar-refractivity contribution >= 4 is 33.4 Å². The van der Waals surface area contributed by atoms with E-state index >= 15 is 0 Å². The average Bonchev–Trinajstić information content (AvgIpc) is 2.34. The molecule has 18 heavy (non-hydrogen) atoms. The van der Waals surface area contributed by atoms with E-state index in [2.05, 4.69) is 28.2 Å². The number of carbonyl (C=O) groups excluding carboxylic acids is 1. The van der Waals surface area contributed by atoms with Gasteiger partial charge in [-0.15, -0.1) is 0 Å². The highest BCUT2D eigenvalue weighted by atomic mass is 79.9. The van der Waals surface area contributed by atoms with Crippen molar-refractivity contribution in [3.63, 3.8) is 0 Å². The molecule has 0 fully saturated rings. The Bertz CT molecular complexity index is 387. The summed E-state index contributed by atoms with van der Waals surface area (Å²) in [5.41, 5.74) is 0. The third kappa shape index (κ3) is 6.26. The highest BCUT2D eigenvalue weighted by Gasteiger charge is 2.06. The Morgan fingerprint density at radius 1 is 1.56 bits per heavy atom. The average molecular weight is 335 g/mol. The molecule has 0 aromatic heterocycles. The molecule has 1 amide bonds. The largest absolute Gasteiger partial charge is 0.484 e. The Labute approximate surface area is 121 Å². The molecule has 1 N–H and O–H groups in total. The summed E-state index contributed by atoms with van der Waals surface area (Å²) in [6.07, 6.45) is 1.04. The van der Waals surface area contributed by atoms with E-state index in [-0.39, 0.29) is 12.5 Å². The molecular weight excluding hydrogens is 318 g/mol. The van der Waals surface area contributed by atoms with Gasteiger partial charge in [0.15, 0.2) is 6.61 Å². The van der Waals surface area contributed by atoms with Crippen molar-refractivity contribution in [1.29, 1.82) is 0 Å². The lowest BCUT2D eigenvalue weighted by Crippen LogP contribution is -2.32. The van der Waals surface area contributed by atoms with Crippen LogP contribution in [-0.4, -0.2) is 24.4 Å². The van der Waals surface area contributed by atoms with Gasteiger partial charge in [0.25, 0.3) is 5.91 Å². The van der Waals surface area contributed by atoms with Crippen molar-refractivity contribution in [2.24, 2.45) is 5.92 Å². The fourth-order valence-corrected chi connectivity index (χ4v) is 2.29. The number of nitrogens with one attached hydrogen (secondary N) is 1. The first kappa shape index (κ1) is 15.3. The first-order valence-electron chi connectivity index (χ1n) is 5.83. The minimum absolute atomic E-state index is 0.0153. The summed E-state index contributed by atoms with van der Waals surface area (Å²) in [6.45, 7) is 2.78. The monoisotopic (exact) mass is 333 g/mol. The van der Waals surface area contributed by atoms with Gasteiger partial charge in [-0.3, -0.25) is 4.79 Å². The second-order valence-electron chi connectivity index (χ2n) is 4.13. The van der Waals surface area contributed by atoms with Gasteiger partial charge in [-0.25, -0.2) is 0 Å². The SMILES string of the molecule is CC(CCBr)CNC(=O)COc1cccc(Cl)c1. The smallest absolute Gasteiger partial charge is 0.257 e. The van der Waals surface area contributed by atoms with Crippen molar-refractivity contribution in [2.75, 3.05) is 18.5 Å². The third-order valence-corrected chi connectivity index (χ3v) is 3.11. The minimum atomic E-state index is -0.114. The Hall–Kier alpha value is -0.740. The molecule has 1 atom stereocenters. The summed E-state index contributed by atoms with van der Waals surface area (Å²) in [6, 6.07) is 7.00. The van der Waals surface area contributed by atoms with Crippen molar-refractivity contribution in [1.82, 2.24) is 5.32 Å². The summed E-state index contributed by atoms with van der Waals surface area (Å²) in [5.74, 6) is 0.946. The van der Waals surface area contributed by atoms with Gasteiger partial charge < -0.3 is 10.1 Å². The summed E-state index contributed by atoms with van der Waals surface area (Å²) in [5, 5.41) is 4.38. The molecule has 0 saturated carbocycles. The summed E-state index contributed by atoms with van der Waals surface area (Å²) < 4.78 is 5.34. The Balaban J connectivity index is 2.25. The lowest BCUT2D eigenvalue weighted by molar-refractivity contribution is -0.123. The van der Waals surface area contributed by atoms with E-state index in [0.717, 1.165) is 11.8 Å². The molecule has 0 radical (unpaired) electrons. The highest BCUT2D eigenvalue weighted by Crippen LogP contribution is 2.16. The van der Waals surface area contributed by atoms with Crippen LogP contribution >= 0.6 is 27.5 Å². The molecule has 1 aromatic rings. The van der Waals surface area contributed by atoms with Gasteiger partial charge in [0.2, 0.25) is 0 Å². The molecule has 3 nitrogen and oxygen atoms in total. The molecule has 1 unspecified atom stereocenters. The lowest BCUT2D eigenvalue weighted by atomic mass is 10.1. The fraction of sp³-hybridized carbons (Fsp3) is 0.462. The van der Waals surface area contributed by atoms with Crippen LogP contribution in [0.15, 0.2) is 24.3 Å². The molecule has 0 bridgehead atoms. The van der Waals surface area contributed by atoms with E-state index in [1.54, 1.807) is 24.3 Å². The Morgan fingerprint density at radius 2 is 2.33 bits per heavy atom. The lowest BCUT2D eigenvalue weighted by Gasteiger charge is -2.11. The van der Waals surface area contributed by atoms with E-state index in [1.165, 1.54) is 0 Å². The quantitative estimate of drug-likeness (QED) is 0.777. The van der Waals surface area contributed by atoms with Crippen molar-refractivity contribution in [2.45, 2.75) is 13.3 Å². The Kier molecular flexibility index (Phi) is 7.13.